The molecule has 3 rings (SSSR count). The molecule has 0 radical (unpaired) electrons. The van der Waals surface area contributed by atoms with Crippen molar-refractivity contribution in [2.45, 2.75) is 17.9 Å². The van der Waals surface area contributed by atoms with Crippen LogP contribution in [0.3, 0.4) is 0 Å². The van der Waals surface area contributed by atoms with Crippen LogP contribution >= 0.6 is 0 Å². The van der Waals surface area contributed by atoms with Crippen LogP contribution in [-0.4, -0.2) is 44.3 Å². The second kappa shape index (κ2) is 6.63. The number of sulfonamides is 1. The molecule has 0 bridgehead atoms. The van der Waals surface area contributed by atoms with Crippen molar-refractivity contribution in [1.82, 2.24) is 9.21 Å². The molecule has 1 aliphatic rings. The lowest BCUT2D eigenvalue weighted by molar-refractivity contribution is 0.160. The fraction of sp³-hybridized carbons (Fsp3) is 0.333. The van der Waals surface area contributed by atoms with Crippen LogP contribution in [0.5, 0.6) is 0 Å². The molecule has 2 aromatic carbocycles. The molecule has 0 spiro atoms. The molecule has 128 valence electrons. The highest BCUT2D eigenvalue weighted by molar-refractivity contribution is 7.89. The van der Waals surface area contributed by atoms with E-state index in [-0.39, 0.29) is 10.9 Å². The van der Waals surface area contributed by atoms with Gasteiger partial charge in [-0.25, -0.2) is 12.8 Å². The predicted octanol–water partition coefficient (Wildman–Crippen LogP) is 2.81. The topological polar surface area (TPSA) is 40.6 Å². The van der Waals surface area contributed by atoms with Gasteiger partial charge in [-0.3, -0.25) is 0 Å². The number of hydrogen-bond acceptors (Lipinski definition) is 3. The Morgan fingerprint density at radius 1 is 1.08 bits per heavy atom. The first-order chi connectivity index (χ1) is 11.4. The van der Waals surface area contributed by atoms with Crippen LogP contribution in [0.1, 0.15) is 17.2 Å². The van der Waals surface area contributed by atoms with Crippen molar-refractivity contribution in [3.63, 3.8) is 0 Å². The van der Waals surface area contributed by atoms with Crippen LogP contribution in [0.4, 0.5) is 4.39 Å². The number of rotatable bonds is 3. The van der Waals surface area contributed by atoms with Crippen LogP contribution in [0.2, 0.25) is 0 Å². The van der Waals surface area contributed by atoms with Crippen LogP contribution < -0.4 is 0 Å². The van der Waals surface area contributed by atoms with Gasteiger partial charge < -0.3 is 4.90 Å². The van der Waals surface area contributed by atoms with Crippen molar-refractivity contribution in [2.75, 3.05) is 26.7 Å². The number of halogens is 1. The number of nitrogens with zero attached hydrogens (tertiary/aromatic N) is 2. The molecule has 1 unspecified atom stereocenters. The average molecular weight is 348 g/mol. The van der Waals surface area contributed by atoms with E-state index in [1.165, 1.54) is 16.4 Å². The largest absolute Gasteiger partial charge is 0.303 e. The summed E-state index contributed by atoms with van der Waals surface area (Å²) in [5.41, 5.74) is 1.50. The standard InChI is InChI=1S/C18H21FN2O2S/c1-14-8-9-16(19)12-18(14)24(22,23)21-11-10-20(2)13-17(21)15-6-4-3-5-7-15/h3-9,12,17H,10-11,13H2,1-2H3. The molecular weight excluding hydrogens is 327 g/mol. The second-order valence-corrected chi connectivity index (χ2v) is 8.07. The fourth-order valence-corrected chi connectivity index (χ4v) is 4.95. The Labute approximate surface area is 142 Å². The van der Waals surface area contributed by atoms with Crippen molar-refractivity contribution in [1.29, 1.82) is 0 Å². The molecule has 0 saturated carbocycles. The summed E-state index contributed by atoms with van der Waals surface area (Å²) in [6.45, 7) is 3.34. The van der Waals surface area contributed by atoms with Gasteiger partial charge in [0.2, 0.25) is 10.0 Å². The summed E-state index contributed by atoms with van der Waals surface area (Å²) in [6, 6.07) is 13.2. The average Bonchev–Trinajstić information content (AvgIpc) is 2.57. The van der Waals surface area contributed by atoms with Gasteiger partial charge in [0.15, 0.2) is 0 Å². The molecule has 4 nitrogen and oxygen atoms in total. The van der Waals surface area contributed by atoms with Crippen molar-refractivity contribution in [2.24, 2.45) is 0 Å². The molecule has 1 heterocycles. The van der Waals surface area contributed by atoms with Gasteiger partial charge in [0.05, 0.1) is 10.9 Å². The summed E-state index contributed by atoms with van der Waals surface area (Å²) in [7, 11) is -1.79. The zero-order valence-electron chi connectivity index (χ0n) is 13.8. The van der Waals surface area contributed by atoms with Gasteiger partial charge in [-0.2, -0.15) is 4.31 Å². The zero-order valence-corrected chi connectivity index (χ0v) is 14.6. The van der Waals surface area contributed by atoms with Crippen molar-refractivity contribution in [3.8, 4) is 0 Å². The minimum absolute atomic E-state index is 0.0491. The van der Waals surface area contributed by atoms with E-state index in [9.17, 15) is 12.8 Å². The van der Waals surface area contributed by atoms with E-state index in [2.05, 4.69) is 4.90 Å². The summed E-state index contributed by atoms with van der Waals surface area (Å²) >= 11 is 0. The highest BCUT2D eigenvalue weighted by Gasteiger charge is 2.36. The Morgan fingerprint density at radius 3 is 2.50 bits per heavy atom. The number of hydrogen-bond donors (Lipinski definition) is 0. The maximum absolute atomic E-state index is 13.6. The van der Waals surface area contributed by atoms with Gasteiger partial charge in [-0.1, -0.05) is 36.4 Å². The third-order valence-corrected chi connectivity index (χ3v) is 6.51. The molecule has 1 aliphatic heterocycles. The number of aryl methyl sites for hydroxylation is 1. The summed E-state index contributed by atoms with van der Waals surface area (Å²) in [5.74, 6) is -0.537. The van der Waals surface area contributed by atoms with Crippen molar-refractivity contribution in [3.05, 3.63) is 65.5 Å². The van der Waals surface area contributed by atoms with E-state index >= 15 is 0 Å². The lowest BCUT2D eigenvalue weighted by atomic mass is 10.1. The van der Waals surface area contributed by atoms with E-state index in [0.29, 0.717) is 25.2 Å². The van der Waals surface area contributed by atoms with Crippen LogP contribution in [-0.2, 0) is 10.0 Å². The van der Waals surface area contributed by atoms with E-state index in [0.717, 1.165) is 11.6 Å². The van der Waals surface area contributed by atoms with Crippen LogP contribution in [0.15, 0.2) is 53.4 Å². The summed E-state index contributed by atoms with van der Waals surface area (Å²) < 4.78 is 41.5. The molecule has 0 aliphatic carbocycles. The third-order valence-electron chi connectivity index (χ3n) is 4.46. The quantitative estimate of drug-likeness (QED) is 0.856. The molecular formula is C18H21FN2O2S. The SMILES string of the molecule is Cc1ccc(F)cc1S(=O)(=O)N1CCN(C)CC1c1ccccc1. The molecule has 0 amide bonds. The Hall–Kier alpha value is -1.76. The fourth-order valence-electron chi connectivity index (χ4n) is 3.12. The highest BCUT2D eigenvalue weighted by Crippen LogP contribution is 2.32. The summed E-state index contributed by atoms with van der Waals surface area (Å²) in [6.07, 6.45) is 0. The first-order valence-electron chi connectivity index (χ1n) is 7.91. The maximum Gasteiger partial charge on any atom is 0.244 e. The maximum atomic E-state index is 13.6. The van der Waals surface area contributed by atoms with Crippen LogP contribution in [0.25, 0.3) is 0 Å². The molecule has 0 N–H and O–H groups in total. The van der Waals surface area contributed by atoms with Gasteiger partial charge in [-0.05, 0) is 37.2 Å². The first kappa shape index (κ1) is 17.1. The highest BCUT2D eigenvalue weighted by atomic mass is 32.2. The lowest BCUT2D eigenvalue weighted by Crippen LogP contribution is -2.49. The molecule has 1 atom stereocenters. The van der Waals surface area contributed by atoms with Gasteiger partial charge in [-0.15, -0.1) is 0 Å². The molecule has 2 aromatic rings. The minimum Gasteiger partial charge on any atom is -0.303 e. The monoisotopic (exact) mass is 348 g/mol. The van der Waals surface area contributed by atoms with Gasteiger partial charge in [0.1, 0.15) is 5.82 Å². The van der Waals surface area contributed by atoms with E-state index in [4.69, 9.17) is 0 Å². The lowest BCUT2D eigenvalue weighted by Gasteiger charge is -2.39. The normalized spacial score (nSPS) is 20.2. The smallest absolute Gasteiger partial charge is 0.244 e. The molecule has 1 fully saturated rings. The molecule has 24 heavy (non-hydrogen) atoms. The number of piperazine rings is 1. The molecule has 1 saturated heterocycles. The second-order valence-electron chi connectivity index (χ2n) is 6.21. The van der Waals surface area contributed by atoms with Gasteiger partial charge in [0, 0.05) is 19.6 Å². The summed E-state index contributed by atoms with van der Waals surface area (Å²) in [5, 5.41) is 0. The third kappa shape index (κ3) is 3.22. The van der Waals surface area contributed by atoms with E-state index < -0.39 is 15.8 Å². The Kier molecular flexibility index (Phi) is 4.71. The van der Waals surface area contributed by atoms with E-state index in [1.54, 1.807) is 6.92 Å². The van der Waals surface area contributed by atoms with E-state index in [1.807, 2.05) is 37.4 Å². The Morgan fingerprint density at radius 2 is 1.79 bits per heavy atom. The zero-order chi connectivity index (χ0) is 17.3. The van der Waals surface area contributed by atoms with Crippen molar-refractivity contribution >= 4 is 10.0 Å². The Bertz CT molecular complexity index is 824. The Balaban J connectivity index is 2.05. The predicted molar refractivity (Wildman–Crippen MR) is 91.7 cm³/mol. The van der Waals surface area contributed by atoms with Crippen LogP contribution in [0, 0.1) is 12.7 Å². The van der Waals surface area contributed by atoms with Crippen molar-refractivity contribution < 1.29 is 12.8 Å². The first-order valence-corrected chi connectivity index (χ1v) is 9.35. The number of benzene rings is 2. The minimum atomic E-state index is -3.77. The molecule has 0 aromatic heterocycles. The van der Waals surface area contributed by atoms with Gasteiger partial charge >= 0.3 is 0 Å². The number of likely N-dealkylation sites (N-methyl/N-ethyl adjacent to an activating group) is 1. The van der Waals surface area contributed by atoms with Gasteiger partial charge in [0.25, 0.3) is 0 Å². The molecule has 6 heteroatoms. The summed E-state index contributed by atoms with van der Waals surface area (Å²) in [4.78, 5) is 2.16.